The van der Waals surface area contributed by atoms with Gasteiger partial charge in [-0.3, -0.25) is 4.68 Å². The van der Waals surface area contributed by atoms with Gasteiger partial charge in [0.25, 0.3) is 0 Å². The van der Waals surface area contributed by atoms with Crippen LogP contribution in [0.3, 0.4) is 0 Å². The summed E-state index contributed by atoms with van der Waals surface area (Å²) in [5.41, 5.74) is 7.42. The van der Waals surface area contributed by atoms with Crippen LogP contribution < -0.4 is 5.73 Å². The van der Waals surface area contributed by atoms with E-state index in [1.165, 1.54) is 0 Å². The Bertz CT molecular complexity index is 402. The van der Waals surface area contributed by atoms with Crippen molar-refractivity contribution in [3.8, 4) is 0 Å². The van der Waals surface area contributed by atoms with Gasteiger partial charge in [-0.05, 0) is 20.9 Å². The van der Waals surface area contributed by atoms with Crippen molar-refractivity contribution in [1.29, 1.82) is 0 Å². The molecule has 1 aromatic heterocycles. The fraction of sp³-hybridized carbons (Fsp3) is 0.636. The number of nitrogens with two attached hydrogens (primary N) is 1. The number of aryl methyl sites for hydroxylation is 2. The Morgan fingerprint density at radius 2 is 2.24 bits per heavy atom. The summed E-state index contributed by atoms with van der Waals surface area (Å²) in [6.07, 6.45) is 0.725. The van der Waals surface area contributed by atoms with Gasteiger partial charge in [-0.25, -0.2) is 0 Å². The van der Waals surface area contributed by atoms with E-state index in [2.05, 4.69) is 16.9 Å². The molecule has 2 N–H and O–H groups in total. The molecule has 0 saturated carbocycles. The van der Waals surface area contributed by atoms with Gasteiger partial charge in [0.2, 0.25) is 0 Å². The van der Waals surface area contributed by atoms with Crippen molar-refractivity contribution in [3.05, 3.63) is 16.4 Å². The molecular formula is C11H19ClN4S. The maximum absolute atomic E-state index is 6.24. The Morgan fingerprint density at radius 1 is 1.59 bits per heavy atom. The van der Waals surface area contributed by atoms with Crippen molar-refractivity contribution < 1.29 is 0 Å². The first-order valence-corrected chi connectivity index (χ1v) is 6.43. The average molecular weight is 275 g/mol. The van der Waals surface area contributed by atoms with Crippen molar-refractivity contribution in [2.24, 2.45) is 5.73 Å². The average Bonchev–Trinajstić information content (AvgIpc) is 2.54. The zero-order valence-electron chi connectivity index (χ0n) is 10.5. The maximum Gasteiger partial charge on any atom is 0.0860 e. The molecule has 0 fully saturated rings. The Balaban J connectivity index is 2.70. The number of aromatic nitrogens is 2. The molecule has 0 aliphatic heterocycles. The summed E-state index contributed by atoms with van der Waals surface area (Å²) in [7, 11) is 2.02. The third kappa shape index (κ3) is 3.94. The highest BCUT2D eigenvalue weighted by Crippen LogP contribution is 2.21. The minimum atomic E-state index is 0.545. The predicted octanol–water partition coefficient (Wildman–Crippen LogP) is 1.97. The first-order valence-electron chi connectivity index (χ1n) is 5.64. The molecule has 0 saturated heterocycles. The van der Waals surface area contributed by atoms with Gasteiger partial charge in [-0.2, -0.15) is 5.10 Å². The summed E-state index contributed by atoms with van der Waals surface area (Å²) < 4.78 is 1.94. The molecule has 0 amide bonds. The fourth-order valence-corrected chi connectivity index (χ4v) is 1.94. The maximum atomic E-state index is 6.24. The Kier molecular flexibility index (Phi) is 5.36. The lowest BCUT2D eigenvalue weighted by Gasteiger charge is -2.17. The zero-order chi connectivity index (χ0) is 13.0. The highest BCUT2D eigenvalue weighted by Gasteiger charge is 2.14. The Labute approximate surface area is 113 Å². The van der Waals surface area contributed by atoms with Gasteiger partial charge in [-0.15, -0.1) is 0 Å². The molecule has 0 spiro atoms. The molecule has 0 aromatic carbocycles. The van der Waals surface area contributed by atoms with Gasteiger partial charge >= 0.3 is 0 Å². The van der Waals surface area contributed by atoms with Crippen LogP contribution in [0.1, 0.15) is 24.7 Å². The number of hydrogen-bond donors (Lipinski definition) is 1. The van der Waals surface area contributed by atoms with Crippen LogP contribution in [0.25, 0.3) is 0 Å². The molecule has 0 bridgehead atoms. The fourth-order valence-electron chi connectivity index (χ4n) is 1.66. The molecule has 4 nitrogen and oxygen atoms in total. The van der Waals surface area contributed by atoms with Gasteiger partial charge in [-0.1, -0.05) is 23.8 Å². The molecular weight excluding hydrogens is 256 g/mol. The number of hydrogen-bond acceptors (Lipinski definition) is 3. The standard InChI is InChI=1S/C11H19ClN4S/c1-4-16-9(11(12)8(2)14-16)7-15(3)6-5-10(13)17/h4-7H2,1-3H3,(H2,13,17). The number of halogens is 1. The van der Waals surface area contributed by atoms with E-state index in [4.69, 9.17) is 29.6 Å². The van der Waals surface area contributed by atoms with Crippen LogP contribution in [0.4, 0.5) is 0 Å². The van der Waals surface area contributed by atoms with Crippen molar-refractivity contribution in [2.75, 3.05) is 13.6 Å². The number of thiocarbonyl (C=S) groups is 1. The lowest BCUT2D eigenvalue weighted by molar-refractivity contribution is 0.324. The van der Waals surface area contributed by atoms with E-state index in [-0.39, 0.29) is 0 Å². The molecule has 17 heavy (non-hydrogen) atoms. The smallest absolute Gasteiger partial charge is 0.0860 e. The molecule has 0 aliphatic carbocycles. The van der Waals surface area contributed by atoms with E-state index >= 15 is 0 Å². The minimum absolute atomic E-state index is 0.545. The van der Waals surface area contributed by atoms with E-state index in [1.54, 1.807) is 0 Å². The second kappa shape index (κ2) is 6.33. The van der Waals surface area contributed by atoms with Gasteiger partial charge in [0.05, 0.1) is 21.4 Å². The third-order valence-corrected chi connectivity index (χ3v) is 3.31. The summed E-state index contributed by atoms with van der Waals surface area (Å²) in [6, 6.07) is 0. The third-order valence-electron chi connectivity index (χ3n) is 2.61. The van der Waals surface area contributed by atoms with E-state index in [1.807, 2.05) is 18.7 Å². The summed E-state index contributed by atoms with van der Waals surface area (Å²) in [6.45, 7) is 6.40. The first kappa shape index (κ1) is 14.4. The normalized spacial score (nSPS) is 11.1. The van der Waals surface area contributed by atoms with E-state index < -0.39 is 0 Å². The van der Waals surface area contributed by atoms with Crippen LogP contribution in [-0.2, 0) is 13.1 Å². The second-order valence-electron chi connectivity index (χ2n) is 4.12. The van der Waals surface area contributed by atoms with Gasteiger partial charge in [0.1, 0.15) is 0 Å². The van der Waals surface area contributed by atoms with Crippen LogP contribution in [0.15, 0.2) is 0 Å². The van der Waals surface area contributed by atoms with E-state index in [9.17, 15) is 0 Å². The number of rotatable bonds is 6. The Hall–Kier alpha value is -0.650. The van der Waals surface area contributed by atoms with E-state index in [0.717, 1.165) is 42.5 Å². The van der Waals surface area contributed by atoms with Crippen molar-refractivity contribution >= 4 is 28.8 Å². The largest absolute Gasteiger partial charge is 0.393 e. The molecule has 96 valence electrons. The molecule has 0 radical (unpaired) electrons. The SMILES string of the molecule is CCn1nc(C)c(Cl)c1CN(C)CCC(N)=S. The molecule has 0 unspecified atom stereocenters. The first-order chi connectivity index (χ1) is 7.95. The quantitative estimate of drug-likeness (QED) is 0.806. The minimum Gasteiger partial charge on any atom is -0.393 e. The predicted molar refractivity (Wildman–Crippen MR) is 75.4 cm³/mol. The summed E-state index contributed by atoms with van der Waals surface area (Å²) in [4.78, 5) is 2.69. The van der Waals surface area contributed by atoms with Crippen molar-refractivity contribution in [2.45, 2.75) is 33.4 Å². The summed E-state index contributed by atoms with van der Waals surface area (Å²) in [5, 5.41) is 5.14. The van der Waals surface area contributed by atoms with Crippen LogP contribution in [0.2, 0.25) is 5.02 Å². The van der Waals surface area contributed by atoms with Crippen molar-refractivity contribution in [1.82, 2.24) is 14.7 Å². The van der Waals surface area contributed by atoms with Crippen LogP contribution in [-0.4, -0.2) is 33.3 Å². The van der Waals surface area contributed by atoms with Gasteiger partial charge in [0, 0.05) is 26.1 Å². The highest BCUT2D eigenvalue weighted by molar-refractivity contribution is 7.80. The van der Waals surface area contributed by atoms with Crippen LogP contribution >= 0.6 is 23.8 Å². The molecule has 1 aromatic rings. The van der Waals surface area contributed by atoms with Gasteiger partial charge in [0.15, 0.2) is 0 Å². The summed E-state index contributed by atoms with van der Waals surface area (Å²) in [5.74, 6) is 0. The zero-order valence-corrected chi connectivity index (χ0v) is 12.1. The molecule has 1 rings (SSSR count). The lowest BCUT2D eigenvalue weighted by Crippen LogP contribution is -2.24. The molecule has 0 aliphatic rings. The highest BCUT2D eigenvalue weighted by atomic mass is 35.5. The summed E-state index contributed by atoms with van der Waals surface area (Å²) >= 11 is 11.1. The molecule has 6 heteroatoms. The molecule has 1 heterocycles. The van der Waals surface area contributed by atoms with Crippen LogP contribution in [0, 0.1) is 6.92 Å². The monoisotopic (exact) mass is 274 g/mol. The molecule has 0 atom stereocenters. The van der Waals surface area contributed by atoms with Gasteiger partial charge < -0.3 is 10.6 Å². The van der Waals surface area contributed by atoms with Crippen molar-refractivity contribution in [3.63, 3.8) is 0 Å². The number of nitrogens with zero attached hydrogens (tertiary/aromatic N) is 3. The topological polar surface area (TPSA) is 47.1 Å². The second-order valence-corrected chi connectivity index (χ2v) is 5.02. The van der Waals surface area contributed by atoms with E-state index in [0.29, 0.717) is 4.99 Å². The van der Waals surface area contributed by atoms with Crippen LogP contribution in [0.5, 0.6) is 0 Å². The Morgan fingerprint density at radius 3 is 2.76 bits per heavy atom. The lowest BCUT2D eigenvalue weighted by atomic mass is 10.3.